The van der Waals surface area contributed by atoms with Crippen molar-refractivity contribution in [1.82, 2.24) is 36.3 Å². The van der Waals surface area contributed by atoms with Crippen LogP contribution in [0.3, 0.4) is 0 Å². The second-order valence-corrected chi connectivity index (χ2v) is 21.0. The van der Waals surface area contributed by atoms with E-state index in [9.17, 15) is 33.1 Å². The largest absolute Gasteiger partial charge is 0.453 e. The number of nitrogens with one attached hydrogen (secondary N) is 4. The Bertz CT molecular complexity index is 2580. The maximum Gasteiger partial charge on any atom is 0.407 e. The first-order valence-corrected chi connectivity index (χ1v) is 24.6. The fraction of sp³-hybridized carbons (Fsp3) is 0.509. The SMILES string of the molecule is COC(=O)N[C@H](C(=O)N[C@@H](Cc1ccc(C#Cc2ccc(N3CC4CCC(C3)N4C3COC3)nc2)cc1)[C@@H](O)CN(Cc1c(F)cc(C(N)=CC=NC(F)F)cc1F)NC(=O)[C@@H](NC(=O)OC)C(C)(C)C)C(C)(C)C. The molecule has 3 aliphatic heterocycles. The van der Waals surface area contributed by atoms with Gasteiger partial charge >= 0.3 is 18.7 Å². The third kappa shape index (κ3) is 15.6. The van der Waals surface area contributed by atoms with Crippen LogP contribution in [0.25, 0.3) is 5.70 Å². The molecule has 3 aromatic rings. The minimum Gasteiger partial charge on any atom is -0.453 e. The summed E-state index contributed by atoms with van der Waals surface area (Å²) in [5, 5.41) is 21.0. The standard InChI is InChI=1S/C53H68F4N10O8/c1-52(2,3)45(62-50(71)73-7)47(69)61-42(21-32-12-9-31(10-13-32)11-14-33-15-18-44(60-24-33)65-25-35-16-17-36(26-65)67(35)37-29-75-30-37)43(68)28-66(64-48(70)46(53(4,5)6)63-51(72)74-8)27-38-39(54)22-34(23-40(38)55)41(58)19-20-59-49(56)57/h9-10,12-13,15,18-20,22-24,35-37,42-43,45-46,49,68H,16-17,21,25-30,58H2,1-8H3,(H,61,69)(H,62,71)(H,63,72)(H,64,70)/t35?,36?,42-,43-,45+,46+/m0/s1. The van der Waals surface area contributed by atoms with E-state index in [1.807, 2.05) is 12.1 Å². The number of piperazine rings is 1. The number of alkyl carbamates (subject to hydrolysis) is 2. The first kappa shape index (κ1) is 57.5. The highest BCUT2D eigenvalue weighted by Gasteiger charge is 2.45. The molecule has 0 saturated carbocycles. The quantitative estimate of drug-likeness (QED) is 0.0330. The summed E-state index contributed by atoms with van der Waals surface area (Å²) in [4.78, 5) is 65.7. The van der Waals surface area contributed by atoms with Gasteiger partial charge in [0, 0.05) is 78.6 Å². The average molecular weight is 1050 g/mol. The lowest BCUT2D eigenvalue weighted by Crippen LogP contribution is -2.62. The minimum atomic E-state index is -3.04. The number of fused-ring (bicyclic) bond motifs is 2. The fourth-order valence-corrected chi connectivity index (χ4v) is 9.26. The lowest BCUT2D eigenvalue weighted by molar-refractivity contribution is -0.132. The third-order valence-corrected chi connectivity index (χ3v) is 13.3. The highest BCUT2D eigenvalue weighted by Crippen LogP contribution is 2.35. The summed E-state index contributed by atoms with van der Waals surface area (Å²) in [7, 11) is 2.25. The van der Waals surface area contributed by atoms with Gasteiger partial charge in [-0.25, -0.2) is 33.4 Å². The molecule has 0 spiro atoms. The number of anilines is 1. The van der Waals surface area contributed by atoms with Crippen molar-refractivity contribution in [3.63, 3.8) is 0 Å². The van der Waals surface area contributed by atoms with Gasteiger partial charge in [-0.3, -0.25) is 19.9 Å². The summed E-state index contributed by atoms with van der Waals surface area (Å²) in [5.74, 6) is 3.37. The molecule has 75 heavy (non-hydrogen) atoms. The molecule has 4 heterocycles. The number of rotatable bonds is 18. The zero-order valence-electron chi connectivity index (χ0n) is 43.5. The van der Waals surface area contributed by atoms with Crippen molar-refractivity contribution < 1.29 is 56.1 Å². The molecule has 0 radical (unpaired) electrons. The summed E-state index contributed by atoms with van der Waals surface area (Å²) in [6.07, 6.45) is 2.24. The predicted octanol–water partition coefficient (Wildman–Crippen LogP) is 4.87. The van der Waals surface area contributed by atoms with E-state index in [1.165, 1.54) is 12.8 Å². The number of ether oxygens (including phenoxy) is 3. The Hall–Kier alpha value is -6.80. The molecule has 406 valence electrons. The van der Waals surface area contributed by atoms with Crippen molar-refractivity contribution in [1.29, 1.82) is 0 Å². The number of methoxy groups -OCH3 is 2. The average Bonchev–Trinajstić information content (AvgIpc) is 3.56. The number of allylic oxidation sites excluding steroid dienone is 1. The molecule has 3 aliphatic rings. The van der Waals surface area contributed by atoms with Crippen LogP contribution in [0.5, 0.6) is 0 Å². The number of hydrogen-bond acceptors (Lipinski definition) is 14. The number of nitrogens with two attached hydrogens (primary N) is 1. The van der Waals surface area contributed by atoms with Gasteiger partial charge < -0.3 is 45.9 Å². The van der Waals surface area contributed by atoms with E-state index in [4.69, 9.17) is 24.9 Å². The molecule has 2 unspecified atom stereocenters. The van der Waals surface area contributed by atoms with Crippen LogP contribution >= 0.6 is 0 Å². The topological polar surface area (TPSA) is 225 Å². The smallest absolute Gasteiger partial charge is 0.407 e. The molecule has 3 fully saturated rings. The van der Waals surface area contributed by atoms with E-state index in [-0.39, 0.29) is 17.7 Å². The van der Waals surface area contributed by atoms with Crippen LogP contribution in [0.1, 0.15) is 82.2 Å². The Balaban J connectivity index is 1.25. The van der Waals surface area contributed by atoms with Crippen LogP contribution in [-0.2, 0) is 36.8 Å². The highest BCUT2D eigenvalue weighted by atomic mass is 19.3. The zero-order chi connectivity index (χ0) is 54.8. The van der Waals surface area contributed by atoms with Gasteiger partial charge in [-0.2, -0.15) is 8.78 Å². The number of aliphatic hydroxyl groups is 1. The Kier molecular flexibility index (Phi) is 19.3. The summed E-state index contributed by atoms with van der Waals surface area (Å²) >= 11 is 0. The maximum atomic E-state index is 15.9. The van der Waals surface area contributed by atoms with E-state index in [1.54, 1.807) is 72.0 Å². The van der Waals surface area contributed by atoms with Crippen LogP contribution in [0.4, 0.5) is 33.0 Å². The summed E-state index contributed by atoms with van der Waals surface area (Å²) < 4.78 is 72.1. The fourth-order valence-electron chi connectivity index (χ4n) is 9.26. The van der Waals surface area contributed by atoms with Crippen LogP contribution in [0, 0.1) is 34.3 Å². The number of hydrogen-bond donors (Lipinski definition) is 6. The van der Waals surface area contributed by atoms with Crippen molar-refractivity contribution in [3.05, 3.63) is 100 Å². The van der Waals surface area contributed by atoms with Gasteiger partial charge in [-0.05, 0) is 78.1 Å². The maximum absolute atomic E-state index is 15.9. The number of pyridine rings is 1. The number of aliphatic imine (C=N–C) groups is 1. The number of nitrogens with zero attached hydrogens (tertiary/aromatic N) is 5. The second kappa shape index (κ2) is 25.2. The lowest BCUT2D eigenvalue weighted by Gasteiger charge is -2.47. The van der Waals surface area contributed by atoms with Gasteiger partial charge in [0.05, 0.1) is 45.6 Å². The van der Waals surface area contributed by atoms with E-state index in [2.05, 4.69) is 48.0 Å². The van der Waals surface area contributed by atoms with Crippen molar-refractivity contribution in [2.45, 2.75) is 116 Å². The number of carbonyl (C=O) groups is 4. The van der Waals surface area contributed by atoms with E-state index < -0.39 is 95.9 Å². The number of aliphatic hydroxyl groups excluding tert-OH is 1. The number of aromatic nitrogens is 1. The molecule has 22 heteroatoms. The van der Waals surface area contributed by atoms with Gasteiger partial charge in [0.15, 0.2) is 0 Å². The van der Waals surface area contributed by atoms with Crippen LogP contribution in [-0.4, -0.2) is 146 Å². The number of hydrazine groups is 1. The van der Waals surface area contributed by atoms with Gasteiger partial charge in [0.2, 0.25) is 5.91 Å². The van der Waals surface area contributed by atoms with Crippen molar-refractivity contribution in [3.8, 4) is 11.8 Å². The molecule has 7 N–H and O–H groups in total. The van der Waals surface area contributed by atoms with Gasteiger partial charge in [-0.15, -0.1) is 0 Å². The van der Waals surface area contributed by atoms with Crippen LogP contribution in [0.15, 0.2) is 65.8 Å². The number of halogens is 4. The van der Waals surface area contributed by atoms with E-state index >= 15 is 8.78 Å². The predicted molar refractivity (Wildman–Crippen MR) is 273 cm³/mol. The molecular formula is C53H68F4N10O8. The van der Waals surface area contributed by atoms with Crippen LogP contribution < -0.4 is 32.0 Å². The first-order valence-electron chi connectivity index (χ1n) is 24.6. The molecule has 2 aromatic carbocycles. The third-order valence-electron chi connectivity index (χ3n) is 13.3. The molecule has 18 nitrogen and oxygen atoms in total. The second-order valence-electron chi connectivity index (χ2n) is 21.0. The first-order chi connectivity index (χ1) is 35.4. The Labute approximate surface area is 434 Å². The summed E-state index contributed by atoms with van der Waals surface area (Å²) in [5.41, 5.74) is 7.55. The summed E-state index contributed by atoms with van der Waals surface area (Å²) in [6, 6.07) is 10.5. The van der Waals surface area contributed by atoms with Crippen molar-refractivity contribution in [2.75, 3.05) is 52.0 Å². The summed E-state index contributed by atoms with van der Waals surface area (Å²) in [6.45, 7) is 9.16. The van der Waals surface area contributed by atoms with Crippen molar-refractivity contribution in [2.24, 2.45) is 21.6 Å². The monoisotopic (exact) mass is 1050 g/mol. The van der Waals surface area contributed by atoms with Gasteiger partial charge in [0.25, 0.3) is 5.91 Å². The Morgan fingerprint density at radius 1 is 0.867 bits per heavy atom. The number of benzene rings is 2. The zero-order valence-corrected chi connectivity index (χ0v) is 43.5. The number of carbonyl (C=O) groups excluding carboxylic acids is 4. The van der Waals surface area contributed by atoms with E-state index in [0.29, 0.717) is 35.5 Å². The molecule has 0 aliphatic carbocycles. The Morgan fingerprint density at radius 2 is 1.43 bits per heavy atom. The number of amides is 4. The van der Waals surface area contributed by atoms with Crippen molar-refractivity contribution >= 4 is 41.7 Å². The molecule has 2 bridgehead atoms. The van der Waals surface area contributed by atoms with E-state index in [0.717, 1.165) is 75.1 Å². The lowest BCUT2D eigenvalue weighted by atomic mass is 9.85. The highest BCUT2D eigenvalue weighted by molar-refractivity contribution is 5.87. The molecular weight excluding hydrogens is 981 g/mol. The van der Waals surface area contributed by atoms with Gasteiger partial charge in [-0.1, -0.05) is 65.5 Å². The molecule has 1 aromatic heterocycles. The molecule has 6 atom stereocenters. The molecule has 3 saturated heterocycles. The molecule has 4 amide bonds. The number of alkyl halides is 2. The van der Waals surface area contributed by atoms with Crippen LogP contribution in [0.2, 0.25) is 0 Å². The Morgan fingerprint density at radius 3 is 1.93 bits per heavy atom. The normalized spacial score (nSPS) is 18.9. The minimum absolute atomic E-state index is 0.0420. The molecule has 6 rings (SSSR count). The van der Waals surface area contributed by atoms with Gasteiger partial charge in [0.1, 0.15) is 29.5 Å².